The summed E-state index contributed by atoms with van der Waals surface area (Å²) in [5, 5.41) is 21.3. The van der Waals surface area contributed by atoms with E-state index in [1.165, 1.54) is 12.1 Å². The predicted molar refractivity (Wildman–Crippen MR) is 66.7 cm³/mol. The number of nitrogens with one attached hydrogen (secondary N) is 1. The van der Waals surface area contributed by atoms with Gasteiger partial charge >= 0.3 is 0 Å². The molecule has 0 aliphatic rings. The van der Waals surface area contributed by atoms with E-state index in [-0.39, 0.29) is 33.9 Å². The molecule has 0 radical (unpaired) electrons. The highest BCUT2D eigenvalue weighted by Gasteiger charge is 2.16. The van der Waals surface area contributed by atoms with Crippen LogP contribution in [0.3, 0.4) is 0 Å². The van der Waals surface area contributed by atoms with E-state index in [0.29, 0.717) is 6.54 Å². The highest BCUT2D eigenvalue weighted by atomic mass is 35.5. The molecule has 0 fully saturated rings. The van der Waals surface area contributed by atoms with Crippen LogP contribution in [0, 0.1) is 5.92 Å². The van der Waals surface area contributed by atoms with Crippen LogP contribution in [0.15, 0.2) is 12.1 Å². The third-order valence-electron chi connectivity index (χ3n) is 2.18. The summed E-state index contributed by atoms with van der Waals surface area (Å²) in [6.07, 6.45) is 0. The zero-order chi connectivity index (χ0) is 13.0. The number of amides is 1. The van der Waals surface area contributed by atoms with Gasteiger partial charge in [0.15, 0.2) is 0 Å². The van der Waals surface area contributed by atoms with Gasteiger partial charge in [0.25, 0.3) is 5.91 Å². The maximum atomic E-state index is 11.7. The number of rotatable bonds is 4. The Hall–Kier alpha value is -0.970. The van der Waals surface area contributed by atoms with Crippen LogP contribution in [0.2, 0.25) is 10.0 Å². The molecule has 1 rings (SSSR count). The van der Waals surface area contributed by atoms with Gasteiger partial charge in [-0.15, -0.1) is 0 Å². The third kappa shape index (κ3) is 3.77. The fourth-order valence-corrected chi connectivity index (χ4v) is 1.77. The van der Waals surface area contributed by atoms with E-state index >= 15 is 0 Å². The highest BCUT2D eigenvalue weighted by molar-refractivity contribution is 6.37. The average Bonchev–Trinajstić information content (AvgIpc) is 2.24. The minimum atomic E-state index is -0.496. The topological polar surface area (TPSA) is 69.6 Å². The highest BCUT2D eigenvalue weighted by Crippen LogP contribution is 2.29. The fraction of sp³-hybridized carbons (Fsp3) is 0.364. The molecule has 0 saturated carbocycles. The van der Waals surface area contributed by atoms with Gasteiger partial charge in [-0.2, -0.15) is 0 Å². The number of carbonyl (C=O) groups excluding carboxylic acids is 1. The van der Waals surface area contributed by atoms with Gasteiger partial charge in [-0.1, -0.05) is 30.1 Å². The van der Waals surface area contributed by atoms with Crippen molar-refractivity contribution in [2.75, 3.05) is 13.2 Å². The van der Waals surface area contributed by atoms with Crippen molar-refractivity contribution in [2.45, 2.75) is 6.92 Å². The molecule has 1 atom stereocenters. The Morgan fingerprint density at radius 3 is 2.65 bits per heavy atom. The summed E-state index contributed by atoms with van der Waals surface area (Å²) in [6.45, 7) is 2.05. The first-order valence-electron chi connectivity index (χ1n) is 5.02. The zero-order valence-corrected chi connectivity index (χ0v) is 10.7. The molecular weight excluding hydrogens is 265 g/mol. The average molecular weight is 278 g/mol. The van der Waals surface area contributed by atoms with Gasteiger partial charge in [0.2, 0.25) is 0 Å². The molecule has 1 aromatic carbocycles. The number of aliphatic hydroxyl groups is 1. The monoisotopic (exact) mass is 277 g/mol. The molecule has 6 heteroatoms. The number of hydrogen-bond acceptors (Lipinski definition) is 3. The van der Waals surface area contributed by atoms with Crippen LogP contribution in [0.4, 0.5) is 0 Å². The molecule has 0 aromatic heterocycles. The van der Waals surface area contributed by atoms with Crippen molar-refractivity contribution >= 4 is 29.1 Å². The fourth-order valence-electron chi connectivity index (χ4n) is 1.20. The maximum absolute atomic E-state index is 11.7. The molecule has 0 bridgehead atoms. The Kier molecular flexibility index (Phi) is 5.05. The molecule has 0 heterocycles. The van der Waals surface area contributed by atoms with Gasteiger partial charge in [-0.05, 0) is 18.1 Å². The molecule has 4 nitrogen and oxygen atoms in total. The SMILES string of the molecule is CC(CO)CNC(=O)c1c(O)cc(Cl)cc1Cl. The quantitative estimate of drug-likeness (QED) is 0.789. The van der Waals surface area contributed by atoms with Crippen LogP contribution in [-0.2, 0) is 0 Å². The lowest BCUT2D eigenvalue weighted by Gasteiger charge is -2.11. The van der Waals surface area contributed by atoms with Crippen molar-refractivity contribution in [1.29, 1.82) is 0 Å². The van der Waals surface area contributed by atoms with Crippen molar-refractivity contribution in [3.63, 3.8) is 0 Å². The minimum Gasteiger partial charge on any atom is -0.507 e. The molecular formula is C11H13Cl2NO3. The number of carbonyl (C=O) groups is 1. The summed E-state index contributed by atoms with van der Waals surface area (Å²) in [7, 11) is 0. The Balaban J connectivity index is 2.82. The van der Waals surface area contributed by atoms with Crippen molar-refractivity contribution in [3.8, 4) is 5.75 Å². The Bertz CT molecular complexity index is 400. The number of benzene rings is 1. The number of phenols is 1. The second-order valence-corrected chi connectivity index (χ2v) is 4.62. The zero-order valence-electron chi connectivity index (χ0n) is 9.20. The van der Waals surface area contributed by atoms with Gasteiger partial charge in [-0.3, -0.25) is 4.79 Å². The number of aromatic hydroxyl groups is 1. The number of hydrogen-bond donors (Lipinski definition) is 3. The normalized spacial score (nSPS) is 12.2. The van der Waals surface area contributed by atoms with Gasteiger partial charge < -0.3 is 15.5 Å². The smallest absolute Gasteiger partial charge is 0.256 e. The minimum absolute atomic E-state index is 0.0128. The van der Waals surface area contributed by atoms with Crippen molar-refractivity contribution in [1.82, 2.24) is 5.32 Å². The van der Waals surface area contributed by atoms with Crippen LogP contribution in [0.25, 0.3) is 0 Å². The molecule has 0 spiro atoms. The first-order valence-corrected chi connectivity index (χ1v) is 5.78. The number of halogens is 2. The lowest BCUT2D eigenvalue weighted by atomic mass is 10.1. The molecule has 1 aromatic rings. The molecule has 17 heavy (non-hydrogen) atoms. The number of aliphatic hydroxyl groups excluding tert-OH is 1. The maximum Gasteiger partial charge on any atom is 0.256 e. The molecule has 0 aliphatic carbocycles. The molecule has 1 unspecified atom stereocenters. The van der Waals surface area contributed by atoms with E-state index in [0.717, 1.165) is 0 Å². The van der Waals surface area contributed by atoms with Gasteiger partial charge in [0, 0.05) is 18.2 Å². The van der Waals surface area contributed by atoms with Gasteiger partial charge in [0.05, 0.1) is 10.6 Å². The molecule has 1 amide bonds. The van der Waals surface area contributed by atoms with E-state index < -0.39 is 5.91 Å². The first kappa shape index (κ1) is 14.1. The van der Waals surface area contributed by atoms with E-state index in [1.807, 2.05) is 0 Å². The van der Waals surface area contributed by atoms with E-state index in [9.17, 15) is 9.90 Å². The van der Waals surface area contributed by atoms with Crippen LogP contribution in [0.5, 0.6) is 5.75 Å². The summed E-state index contributed by atoms with van der Waals surface area (Å²) in [5.74, 6) is -0.826. The van der Waals surface area contributed by atoms with Crippen LogP contribution >= 0.6 is 23.2 Å². The van der Waals surface area contributed by atoms with Crippen molar-refractivity contribution in [2.24, 2.45) is 5.92 Å². The van der Waals surface area contributed by atoms with Gasteiger partial charge in [-0.25, -0.2) is 0 Å². The molecule has 0 saturated heterocycles. The second-order valence-electron chi connectivity index (χ2n) is 3.78. The molecule has 0 aliphatic heterocycles. The van der Waals surface area contributed by atoms with E-state index in [1.54, 1.807) is 6.92 Å². The second kappa shape index (κ2) is 6.10. The van der Waals surface area contributed by atoms with Crippen molar-refractivity contribution in [3.05, 3.63) is 27.7 Å². The van der Waals surface area contributed by atoms with Crippen LogP contribution in [-0.4, -0.2) is 29.3 Å². The standard InChI is InChI=1S/C11H13Cl2NO3/c1-6(5-15)4-14-11(17)10-8(13)2-7(12)3-9(10)16/h2-3,6,15-16H,4-5H2,1H3,(H,14,17). The third-order valence-corrected chi connectivity index (χ3v) is 2.70. The predicted octanol–water partition coefficient (Wildman–Crippen LogP) is 2.06. The van der Waals surface area contributed by atoms with E-state index in [2.05, 4.69) is 5.32 Å². The molecule has 94 valence electrons. The lowest BCUT2D eigenvalue weighted by molar-refractivity contribution is 0.0940. The van der Waals surface area contributed by atoms with E-state index in [4.69, 9.17) is 28.3 Å². The molecule has 3 N–H and O–H groups in total. The largest absolute Gasteiger partial charge is 0.507 e. The summed E-state index contributed by atoms with van der Waals surface area (Å²) >= 11 is 11.5. The Labute approximate surface area is 109 Å². The van der Waals surface area contributed by atoms with Crippen LogP contribution < -0.4 is 5.32 Å². The van der Waals surface area contributed by atoms with Gasteiger partial charge in [0.1, 0.15) is 5.75 Å². The Morgan fingerprint density at radius 1 is 1.47 bits per heavy atom. The summed E-state index contributed by atoms with van der Waals surface area (Å²) in [6, 6.07) is 2.63. The summed E-state index contributed by atoms with van der Waals surface area (Å²) in [4.78, 5) is 11.7. The number of phenolic OH excluding ortho intramolecular Hbond substituents is 1. The van der Waals surface area contributed by atoms with Crippen LogP contribution in [0.1, 0.15) is 17.3 Å². The lowest BCUT2D eigenvalue weighted by Crippen LogP contribution is -2.29. The Morgan fingerprint density at radius 2 is 2.12 bits per heavy atom. The first-order chi connectivity index (χ1) is 7.95. The summed E-state index contributed by atoms with van der Waals surface area (Å²) in [5.41, 5.74) is -0.0128. The summed E-state index contributed by atoms with van der Waals surface area (Å²) < 4.78 is 0. The van der Waals surface area contributed by atoms with Crippen molar-refractivity contribution < 1.29 is 15.0 Å².